The average molecular weight is 155 g/mol. The van der Waals surface area contributed by atoms with Crippen LogP contribution in [0.5, 0.6) is 0 Å². The zero-order chi connectivity index (χ0) is 6.97. The molecule has 0 spiro atoms. The Labute approximate surface area is 63.4 Å². The lowest BCUT2D eigenvalue weighted by molar-refractivity contribution is 0.418. The molecule has 1 saturated carbocycles. The molecule has 0 saturated heterocycles. The number of nitrogen functional groups attached to an aromatic ring is 1. The third-order valence-corrected chi connectivity index (χ3v) is 2.80. The summed E-state index contributed by atoms with van der Waals surface area (Å²) in [6.07, 6.45) is 3.88. The molecule has 0 radical (unpaired) electrons. The lowest BCUT2D eigenvalue weighted by Crippen LogP contribution is -2.08. The summed E-state index contributed by atoms with van der Waals surface area (Å²) < 4.78 is 3.93. The summed E-state index contributed by atoms with van der Waals surface area (Å²) in [5.74, 6) is 1.11. The van der Waals surface area contributed by atoms with Crippen LogP contribution < -0.4 is 5.73 Å². The summed E-state index contributed by atoms with van der Waals surface area (Å²) in [6.45, 7) is 0. The lowest BCUT2D eigenvalue weighted by Gasteiger charge is -2.21. The standard InChI is InChI=1S/C6H9N3S/c7-6-8-5(10-9-6)4-2-1-3-4/h4H,1-3H2,(H2,7,9). The molecule has 3 nitrogen and oxygen atoms in total. The zero-order valence-corrected chi connectivity index (χ0v) is 6.40. The Morgan fingerprint density at radius 3 is 2.70 bits per heavy atom. The van der Waals surface area contributed by atoms with E-state index in [1.54, 1.807) is 0 Å². The molecular formula is C6H9N3S. The molecule has 4 heteroatoms. The van der Waals surface area contributed by atoms with Gasteiger partial charge in [-0.05, 0) is 24.4 Å². The number of hydrogen-bond acceptors (Lipinski definition) is 4. The molecule has 1 fully saturated rings. The van der Waals surface area contributed by atoms with E-state index in [0.29, 0.717) is 11.9 Å². The van der Waals surface area contributed by atoms with Crippen LogP contribution in [0.3, 0.4) is 0 Å². The topological polar surface area (TPSA) is 51.8 Å². The van der Waals surface area contributed by atoms with Crippen LogP contribution in [0.4, 0.5) is 5.95 Å². The van der Waals surface area contributed by atoms with Gasteiger partial charge in [0.05, 0.1) is 0 Å². The van der Waals surface area contributed by atoms with Gasteiger partial charge in [-0.2, -0.15) is 4.37 Å². The molecule has 1 aliphatic carbocycles. The second-order valence-corrected chi connectivity index (χ2v) is 3.40. The highest BCUT2D eigenvalue weighted by Crippen LogP contribution is 2.37. The average Bonchev–Trinajstić information content (AvgIpc) is 2.10. The van der Waals surface area contributed by atoms with Crippen molar-refractivity contribution >= 4 is 17.5 Å². The van der Waals surface area contributed by atoms with Gasteiger partial charge in [-0.1, -0.05) is 6.42 Å². The van der Waals surface area contributed by atoms with Crippen molar-refractivity contribution in [2.45, 2.75) is 25.2 Å². The summed E-state index contributed by atoms with van der Waals surface area (Å²) in [6, 6.07) is 0. The predicted octanol–water partition coefficient (Wildman–Crippen LogP) is 1.39. The first-order valence-corrected chi connectivity index (χ1v) is 4.22. The highest BCUT2D eigenvalue weighted by Gasteiger charge is 2.22. The molecule has 1 aromatic heterocycles. The minimum absolute atomic E-state index is 0.437. The molecule has 0 aliphatic heterocycles. The summed E-state index contributed by atoms with van der Waals surface area (Å²) in [5.41, 5.74) is 5.38. The molecule has 0 amide bonds. The SMILES string of the molecule is Nc1nsc(C2CCC2)n1. The van der Waals surface area contributed by atoms with Crippen molar-refractivity contribution < 1.29 is 0 Å². The van der Waals surface area contributed by atoms with Crippen molar-refractivity contribution in [1.82, 2.24) is 9.36 Å². The Hall–Kier alpha value is -0.640. The van der Waals surface area contributed by atoms with Crippen LogP contribution in [0.25, 0.3) is 0 Å². The Kier molecular flexibility index (Phi) is 1.34. The summed E-state index contributed by atoms with van der Waals surface area (Å²) >= 11 is 1.45. The highest BCUT2D eigenvalue weighted by atomic mass is 32.1. The third-order valence-electron chi connectivity index (χ3n) is 1.91. The monoisotopic (exact) mass is 155 g/mol. The van der Waals surface area contributed by atoms with E-state index in [0.717, 1.165) is 5.01 Å². The Morgan fingerprint density at radius 2 is 2.30 bits per heavy atom. The van der Waals surface area contributed by atoms with E-state index >= 15 is 0 Å². The Bertz CT molecular complexity index is 229. The van der Waals surface area contributed by atoms with Gasteiger partial charge in [0.1, 0.15) is 5.01 Å². The normalized spacial score (nSPS) is 18.8. The first kappa shape index (κ1) is 6.09. The van der Waals surface area contributed by atoms with E-state index in [1.807, 2.05) is 0 Å². The number of nitrogens with two attached hydrogens (primary N) is 1. The fourth-order valence-corrected chi connectivity index (χ4v) is 1.82. The molecule has 1 aliphatic rings. The van der Waals surface area contributed by atoms with Crippen LogP contribution in [0.2, 0.25) is 0 Å². The van der Waals surface area contributed by atoms with Crippen molar-refractivity contribution in [3.8, 4) is 0 Å². The van der Waals surface area contributed by atoms with Gasteiger partial charge in [0.15, 0.2) is 0 Å². The van der Waals surface area contributed by atoms with Crippen LogP contribution in [0.1, 0.15) is 30.2 Å². The second kappa shape index (κ2) is 2.20. The van der Waals surface area contributed by atoms with E-state index in [1.165, 1.54) is 30.8 Å². The number of anilines is 1. The maximum Gasteiger partial charge on any atom is 0.232 e. The molecule has 0 unspecified atom stereocenters. The molecule has 2 N–H and O–H groups in total. The van der Waals surface area contributed by atoms with Gasteiger partial charge in [-0.25, -0.2) is 4.98 Å². The van der Waals surface area contributed by atoms with Gasteiger partial charge < -0.3 is 5.73 Å². The summed E-state index contributed by atoms with van der Waals surface area (Å²) in [7, 11) is 0. The smallest absolute Gasteiger partial charge is 0.232 e. The molecule has 1 aromatic rings. The van der Waals surface area contributed by atoms with E-state index in [9.17, 15) is 0 Å². The largest absolute Gasteiger partial charge is 0.367 e. The van der Waals surface area contributed by atoms with Crippen molar-refractivity contribution in [3.63, 3.8) is 0 Å². The van der Waals surface area contributed by atoms with Crippen LogP contribution >= 0.6 is 11.5 Å². The summed E-state index contributed by atoms with van der Waals surface area (Å²) in [5, 5.41) is 1.13. The first-order chi connectivity index (χ1) is 4.86. The lowest BCUT2D eigenvalue weighted by atomic mass is 9.86. The van der Waals surface area contributed by atoms with Crippen molar-refractivity contribution in [3.05, 3.63) is 5.01 Å². The molecule has 1 heterocycles. The van der Waals surface area contributed by atoms with Crippen LogP contribution in [-0.4, -0.2) is 9.36 Å². The Morgan fingerprint density at radius 1 is 1.50 bits per heavy atom. The highest BCUT2D eigenvalue weighted by molar-refractivity contribution is 7.05. The minimum Gasteiger partial charge on any atom is -0.367 e. The number of aromatic nitrogens is 2. The van der Waals surface area contributed by atoms with Gasteiger partial charge in [-0.15, -0.1) is 0 Å². The van der Waals surface area contributed by atoms with Gasteiger partial charge in [0.2, 0.25) is 5.95 Å². The maximum atomic E-state index is 5.38. The van der Waals surface area contributed by atoms with Gasteiger partial charge >= 0.3 is 0 Å². The quantitative estimate of drug-likeness (QED) is 0.666. The van der Waals surface area contributed by atoms with Gasteiger partial charge in [-0.3, -0.25) is 0 Å². The van der Waals surface area contributed by atoms with E-state index in [2.05, 4.69) is 9.36 Å². The van der Waals surface area contributed by atoms with Gasteiger partial charge in [0.25, 0.3) is 0 Å². The van der Waals surface area contributed by atoms with Crippen LogP contribution in [0.15, 0.2) is 0 Å². The number of nitrogens with zero attached hydrogens (tertiary/aromatic N) is 2. The minimum atomic E-state index is 0.437. The fourth-order valence-electron chi connectivity index (χ4n) is 1.07. The Balaban J connectivity index is 2.17. The molecule has 0 bridgehead atoms. The molecule has 54 valence electrons. The fraction of sp³-hybridized carbons (Fsp3) is 0.667. The van der Waals surface area contributed by atoms with Crippen LogP contribution in [0, 0.1) is 0 Å². The second-order valence-electron chi connectivity index (χ2n) is 2.62. The van der Waals surface area contributed by atoms with E-state index < -0.39 is 0 Å². The third kappa shape index (κ3) is 0.883. The molecule has 0 atom stereocenters. The number of rotatable bonds is 1. The van der Waals surface area contributed by atoms with Crippen molar-refractivity contribution in [2.75, 3.05) is 5.73 Å². The zero-order valence-electron chi connectivity index (χ0n) is 5.58. The van der Waals surface area contributed by atoms with Gasteiger partial charge in [0, 0.05) is 5.92 Å². The molecular weight excluding hydrogens is 146 g/mol. The van der Waals surface area contributed by atoms with E-state index in [4.69, 9.17) is 5.73 Å². The van der Waals surface area contributed by atoms with E-state index in [-0.39, 0.29) is 0 Å². The number of hydrogen-bond donors (Lipinski definition) is 1. The first-order valence-electron chi connectivity index (χ1n) is 3.45. The van der Waals surface area contributed by atoms with Crippen LogP contribution in [-0.2, 0) is 0 Å². The molecule has 0 aromatic carbocycles. The molecule has 10 heavy (non-hydrogen) atoms. The predicted molar refractivity (Wildman–Crippen MR) is 40.9 cm³/mol. The van der Waals surface area contributed by atoms with Crippen molar-refractivity contribution in [1.29, 1.82) is 0 Å². The summed E-state index contributed by atoms with van der Waals surface area (Å²) in [4.78, 5) is 4.12. The van der Waals surface area contributed by atoms with Crippen molar-refractivity contribution in [2.24, 2.45) is 0 Å². The maximum absolute atomic E-state index is 5.38. The molecule has 2 rings (SSSR count).